The minimum absolute atomic E-state index is 0.0177. The number of carbonyl (C=O) groups is 1. The molecule has 2 aromatic carbocycles. The van der Waals surface area contributed by atoms with E-state index in [0.29, 0.717) is 28.5 Å². The molecule has 1 amide bonds. The van der Waals surface area contributed by atoms with Crippen LogP contribution in [0.3, 0.4) is 0 Å². The first-order chi connectivity index (χ1) is 13.4. The second-order valence-corrected chi connectivity index (χ2v) is 6.54. The molecule has 0 aliphatic carbocycles. The molecule has 9 nitrogen and oxygen atoms in total. The highest BCUT2D eigenvalue weighted by atomic mass is 16.7. The first kappa shape index (κ1) is 17.7. The van der Waals surface area contributed by atoms with Crippen molar-refractivity contribution in [3.05, 3.63) is 63.2 Å². The fourth-order valence-corrected chi connectivity index (χ4v) is 3.06. The van der Waals surface area contributed by atoms with E-state index in [4.69, 9.17) is 9.47 Å². The average Bonchev–Trinajstić information content (AvgIpc) is 3.05. The van der Waals surface area contributed by atoms with Gasteiger partial charge in [-0.3, -0.25) is 14.9 Å². The van der Waals surface area contributed by atoms with Crippen molar-refractivity contribution in [1.29, 1.82) is 0 Å². The lowest BCUT2D eigenvalue weighted by atomic mass is 9.94. The summed E-state index contributed by atoms with van der Waals surface area (Å²) >= 11 is 0. The molecule has 0 bridgehead atoms. The Balaban J connectivity index is 1.85. The molecular formula is C19H16N4O5. The molecule has 0 N–H and O–H groups in total. The molecule has 142 valence electrons. The summed E-state index contributed by atoms with van der Waals surface area (Å²) in [6, 6.07) is 9.66. The van der Waals surface area contributed by atoms with Gasteiger partial charge >= 0.3 is 0 Å². The maximum absolute atomic E-state index is 12.5. The number of carbonyl (C=O) groups excluding carboxylic acids is 1. The summed E-state index contributed by atoms with van der Waals surface area (Å²) in [5.74, 6) is 0.938. The smallest absolute Gasteiger partial charge is 0.269 e. The van der Waals surface area contributed by atoms with Gasteiger partial charge in [0.2, 0.25) is 6.79 Å². The normalized spacial score (nSPS) is 14.5. The highest BCUT2D eigenvalue weighted by Crippen LogP contribution is 2.37. The van der Waals surface area contributed by atoms with E-state index in [9.17, 15) is 14.9 Å². The van der Waals surface area contributed by atoms with Crippen molar-refractivity contribution in [3.63, 3.8) is 0 Å². The Bertz CT molecular complexity index is 1040. The highest BCUT2D eigenvalue weighted by Gasteiger charge is 2.26. The number of non-ortho nitro benzene ring substituents is 1. The van der Waals surface area contributed by atoms with Crippen LogP contribution >= 0.6 is 0 Å². The van der Waals surface area contributed by atoms with E-state index < -0.39 is 4.92 Å². The van der Waals surface area contributed by atoms with E-state index >= 15 is 0 Å². The van der Waals surface area contributed by atoms with Crippen molar-refractivity contribution in [2.24, 2.45) is 10.2 Å². The van der Waals surface area contributed by atoms with Gasteiger partial charge in [0.25, 0.3) is 11.6 Å². The minimum atomic E-state index is -0.462. The highest BCUT2D eigenvalue weighted by molar-refractivity contribution is 6.39. The van der Waals surface area contributed by atoms with Crippen molar-refractivity contribution in [2.75, 3.05) is 20.9 Å². The lowest BCUT2D eigenvalue weighted by Crippen LogP contribution is -2.31. The molecule has 0 unspecified atom stereocenters. The third kappa shape index (κ3) is 3.07. The van der Waals surface area contributed by atoms with Crippen molar-refractivity contribution >= 4 is 23.0 Å². The first-order valence-electron chi connectivity index (χ1n) is 8.48. The van der Waals surface area contributed by atoms with Gasteiger partial charge in [0.1, 0.15) is 11.4 Å². The summed E-state index contributed by atoms with van der Waals surface area (Å²) in [6.45, 7) is 0.125. The number of rotatable bonds is 3. The molecule has 0 atom stereocenters. The largest absolute Gasteiger partial charge is 0.454 e. The number of hydrogen-bond acceptors (Lipinski definition) is 7. The van der Waals surface area contributed by atoms with Crippen LogP contribution < -0.4 is 9.47 Å². The van der Waals surface area contributed by atoms with Gasteiger partial charge in [0, 0.05) is 43.8 Å². The van der Waals surface area contributed by atoms with Gasteiger partial charge in [-0.05, 0) is 29.8 Å². The van der Waals surface area contributed by atoms with Crippen LogP contribution in [-0.4, -0.2) is 48.0 Å². The molecule has 2 aliphatic rings. The molecule has 2 heterocycles. The summed E-state index contributed by atoms with van der Waals surface area (Å²) < 4.78 is 10.9. The van der Waals surface area contributed by atoms with Crippen LogP contribution in [-0.2, 0) is 11.2 Å². The third-order valence-corrected chi connectivity index (χ3v) is 4.49. The average molecular weight is 380 g/mol. The molecule has 0 fully saturated rings. The van der Waals surface area contributed by atoms with Crippen LogP contribution in [0.2, 0.25) is 0 Å². The Labute approximate surface area is 160 Å². The summed E-state index contributed by atoms with van der Waals surface area (Å²) in [6.07, 6.45) is 0.281. The fourth-order valence-electron chi connectivity index (χ4n) is 3.06. The Morgan fingerprint density at radius 1 is 1.11 bits per heavy atom. The Hall–Kier alpha value is -3.75. The monoisotopic (exact) mass is 380 g/mol. The van der Waals surface area contributed by atoms with E-state index in [1.807, 2.05) is 6.07 Å². The topological polar surface area (TPSA) is 107 Å². The van der Waals surface area contributed by atoms with Crippen LogP contribution in [0.15, 0.2) is 46.6 Å². The van der Waals surface area contributed by atoms with Gasteiger partial charge in [-0.15, -0.1) is 10.2 Å². The van der Waals surface area contributed by atoms with Crippen LogP contribution in [0.25, 0.3) is 0 Å². The molecule has 0 spiro atoms. The van der Waals surface area contributed by atoms with Crippen molar-refractivity contribution < 1.29 is 19.2 Å². The number of benzene rings is 2. The number of ether oxygens (including phenoxy) is 2. The van der Waals surface area contributed by atoms with Gasteiger partial charge in [-0.2, -0.15) is 0 Å². The Morgan fingerprint density at radius 2 is 1.79 bits per heavy atom. The van der Waals surface area contributed by atoms with Crippen molar-refractivity contribution in [2.45, 2.75) is 6.42 Å². The van der Waals surface area contributed by atoms with E-state index in [-0.39, 0.29) is 24.8 Å². The number of hydrogen-bond donors (Lipinski definition) is 0. The zero-order valence-electron chi connectivity index (χ0n) is 15.2. The quantitative estimate of drug-likeness (QED) is 0.599. The zero-order chi connectivity index (χ0) is 19.8. The van der Waals surface area contributed by atoms with E-state index in [1.54, 1.807) is 32.3 Å². The van der Waals surface area contributed by atoms with Gasteiger partial charge in [-0.1, -0.05) is 0 Å². The molecule has 0 saturated carbocycles. The predicted octanol–water partition coefficient (Wildman–Crippen LogP) is 2.16. The number of nitro benzene ring substituents is 1. The van der Waals surface area contributed by atoms with Crippen LogP contribution in [0.1, 0.15) is 16.7 Å². The molecule has 0 aromatic heterocycles. The molecule has 2 aromatic rings. The maximum atomic E-state index is 12.5. The lowest BCUT2D eigenvalue weighted by molar-refractivity contribution is -0.384. The molecule has 2 aliphatic heterocycles. The third-order valence-electron chi connectivity index (χ3n) is 4.49. The van der Waals surface area contributed by atoms with E-state index in [0.717, 1.165) is 11.1 Å². The maximum Gasteiger partial charge on any atom is 0.269 e. The van der Waals surface area contributed by atoms with Gasteiger partial charge < -0.3 is 14.4 Å². The number of fused-ring (bicyclic) bond motifs is 2. The molecule has 0 saturated heterocycles. The van der Waals surface area contributed by atoms with E-state index in [2.05, 4.69) is 10.2 Å². The molecule has 28 heavy (non-hydrogen) atoms. The second kappa shape index (κ2) is 6.76. The molecule has 9 heteroatoms. The van der Waals surface area contributed by atoms with Crippen molar-refractivity contribution in [3.8, 4) is 11.5 Å². The molecule has 4 rings (SSSR count). The number of amides is 1. The summed E-state index contributed by atoms with van der Waals surface area (Å²) in [4.78, 5) is 24.4. The van der Waals surface area contributed by atoms with Crippen molar-refractivity contribution in [1.82, 2.24) is 4.90 Å². The second-order valence-electron chi connectivity index (χ2n) is 6.54. The van der Waals surface area contributed by atoms with Crippen LogP contribution in [0.5, 0.6) is 11.5 Å². The predicted molar refractivity (Wildman–Crippen MR) is 101 cm³/mol. The van der Waals surface area contributed by atoms with Crippen LogP contribution in [0.4, 0.5) is 5.69 Å². The molecule has 0 radical (unpaired) electrons. The van der Waals surface area contributed by atoms with Gasteiger partial charge in [0.15, 0.2) is 11.5 Å². The van der Waals surface area contributed by atoms with E-state index in [1.165, 1.54) is 17.0 Å². The van der Waals surface area contributed by atoms with Crippen LogP contribution in [0, 0.1) is 10.1 Å². The molecular weight excluding hydrogens is 364 g/mol. The fraction of sp³-hybridized carbons (Fsp3) is 0.211. The number of nitrogens with zero attached hydrogens (tertiary/aromatic N) is 4. The first-order valence-corrected chi connectivity index (χ1v) is 8.48. The SMILES string of the molecule is CN(C)C(=O)C1=NN=C(c2ccc([N+](=O)[O-])cc2)c2cc3c(cc2C1)OCO3. The summed E-state index contributed by atoms with van der Waals surface area (Å²) in [5.41, 5.74) is 2.98. The minimum Gasteiger partial charge on any atom is -0.454 e. The Morgan fingerprint density at radius 3 is 2.43 bits per heavy atom. The van der Waals surface area contributed by atoms with Gasteiger partial charge in [0.05, 0.1) is 4.92 Å². The van der Waals surface area contributed by atoms with Gasteiger partial charge in [-0.25, -0.2) is 0 Å². The summed E-state index contributed by atoms with van der Waals surface area (Å²) in [5, 5.41) is 19.4. The lowest BCUT2D eigenvalue weighted by Gasteiger charge is -2.13. The zero-order valence-corrected chi connectivity index (χ0v) is 15.2. The number of nitro groups is 1. The standard InChI is InChI=1S/C19H16N4O5/c1-22(2)19(24)15-7-12-8-16-17(28-10-27-16)9-14(12)18(21-20-15)11-3-5-13(6-4-11)23(25)26/h3-6,8-9H,7,10H2,1-2H3. The Kier molecular flexibility index (Phi) is 4.26. The summed E-state index contributed by atoms with van der Waals surface area (Å²) in [7, 11) is 3.30.